The Kier molecular flexibility index (Phi) is 21.4. The number of esters is 2. The van der Waals surface area contributed by atoms with E-state index in [4.69, 9.17) is 19.7 Å². The average molecular weight is 699 g/mol. The summed E-state index contributed by atoms with van der Waals surface area (Å²) in [6.07, 6.45) is 30.0. The summed E-state index contributed by atoms with van der Waals surface area (Å²) in [5.41, 5.74) is -2.69. The van der Waals surface area contributed by atoms with E-state index in [1.54, 1.807) is 98.1 Å². The van der Waals surface area contributed by atoms with Gasteiger partial charge in [0.1, 0.15) is 17.8 Å². The van der Waals surface area contributed by atoms with Gasteiger partial charge in [0.05, 0.1) is 37.1 Å². The monoisotopic (exact) mass is 698 g/mol. The Bertz CT molecular complexity index is 1210. The van der Waals surface area contributed by atoms with Crippen molar-refractivity contribution in [1.82, 2.24) is 0 Å². The molecule has 0 aromatic carbocycles. The molecule has 11 nitrogen and oxygen atoms in total. The van der Waals surface area contributed by atoms with Crippen molar-refractivity contribution in [3.05, 3.63) is 122 Å². The van der Waals surface area contributed by atoms with E-state index in [0.29, 0.717) is 19.3 Å². The number of cyclic esters (lactones) is 2. The minimum atomic E-state index is -1.57. The molecule has 2 rings (SSSR count). The average Bonchev–Trinajstić information content (AvgIpc) is 3.06. The fourth-order valence-electron chi connectivity index (χ4n) is 4.33. The van der Waals surface area contributed by atoms with Crippen molar-refractivity contribution in [3.8, 4) is 0 Å². The van der Waals surface area contributed by atoms with Crippen LogP contribution in [0.2, 0.25) is 0 Å². The highest BCUT2D eigenvalue weighted by Crippen LogP contribution is 2.25. The van der Waals surface area contributed by atoms with Crippen LogP contribution in [0.1, 0.15) is 46.5 Å². The van der Waals surface area contributed by atoms with Gasteiger partial charge >= 0.3 is 11.9 Å². The molecular weight excluding hydrogens is 644 g/mol. The maximum Gasteiger partial charge on any atom is 0.331 e. The Morgan fingerprint density at radius 1 is 0.700 bits per heavy atom. The molecule has 2 heterocycles. The van der Waals surface area contributed by atoms with Gasteiger partial charge in [-0.15, -0.1) is 0 Å². The van der Waals surface area contributed by atoms with E-state index in [1.165, 1.54) is 37.3 Å². The second kappa shape index (κ2) is 24.2. The SMILES string of the molecule is C[C@@](O)(/C=C/[C@H]1CC=CC(=O)O1)[C@H](O)C[C@@H](O)\C=C/C=C\C=C\CO.C[C@H](C[C@@H](O)\C=C/C=C\C=C\CO)[C@](C)(O)/C=C/[C@H]1CC=CC(=O)O1. The van der Waals surface area contributed by atoms with Crippen LogP contribution in [-0.4, -0.2) is 103 Å². The zero-order valence-electron chi connectivity index (χ0n) is 29.0. The molecule has 8 atom stereocenters. The molecule has 2 aliphatic heterocycles. The second-order valence-corrected chi connectivity index (χ2v) is 12.2. The zero-order chi connectivity index (χ0) is 37.4. The standard InChI is InChI=1S/C20H28O5.C19H26O6/c1-16(15-17(22)9-6-4-3-5-7-14-21)20(2,24)13-12-18-10-8-11-19(23)25-18;1-19(24,12-11-16-9-7-10-18(23)25-16)17(22)14-15(21)8-5-3-2-4-6-13-20/h3-9,11-13,16-18,21-22,24H,10,14-15H2,1-2H3;2-8,10-12,15-17,20-22,24H,9,13-14H2,1H3/b4-3-,7-5+,9-6-,13-12+;3-2-,6-4+,8-5-,12-11+/t16-,17+,18-,20-;15-,16+,17+,19+/m10/s1. The van der Waals surface area contributed by atoms with E-state index in [-0.39, 0.29) is 37.6 Å². The first-order valence-electron chi connectivity index (χ1n) is 16.5. The minimum Gasteiger partial charge on any atom is -0.455 e. The summed E-state index contributed by atoms with van der Waals surface area (Å²) in [6.45, 7) is 4.90. The van der Waals surface area contributed by atoms with Crippen LogP contribution in [0.15, 0.2) is 122 Å². The quantitative estimate of drug-likeness (QED) is 0.0632. The highest BCUT2D eigenvalue weighted by Gasteiger charge is 2.30. The van der Waals surface area contributed by atoms with Crippen LogP contribution in [0.3, 0.4) is 0 Å². The van der Waals surface area contributed by atoms with Gasteiger partial charge in [-0.05, 0) is 38.3 Å². The molecule has 276 valence electrons. The minimum absolute atomic E-state index is 0.00681. The summed E-state index contributed by atoms with van der Waals surface area (Å²) in [6, 6.07) is 0. The predicted molar refractivity (Wildman–Crippen MR) is 192 cm³/mol. The number of aliphatic hydroxyl groups is 7. The number of allylic oxidation sites excluding steroid dienone is 8. The molecule has 0 aromatic heterocycles. The first kappa shape index (κ1) is 44.1. The van der Waals surface area contributed by atoms with Gasteiger partial charge in [0, 0.05) is 31.4 Å². The molecule has 7 N–H and O–H groups in total. The molecule has 0 fully saturated rings. The van der Waals surface area contributed by atoms with Gasteiger partial charge in [0.25, 0.3) is 0 Å². The smallest absolute Gasteiger partial charge is 0.331 e. The van der Waals surface area contributed by atoms with Gasteiger partial charge in [-0.1, -0.05) is 104 Å². The molecule has 0 bridgehead atoms. The number of ether oxygens (including phenoxy) is 2. The van der Waals surface area contributed by atoms with Crippen LogP contribution in [-0.2, 0) is 19.1 Å². The number of rotatable bonds is 18. The van der Waals surface area contributed by atoms with Gasteiger partial charge in [-0.2, -0.15) is 0 Å². The van der Waals surface area contributed by atoms with Gasteiger partial charge in [0.15, 0.2) is 0 Å². The van der Waals surface area contributed by atoms with Crippen LogP contribution < -0.4 is 0 Å². The molecule has 11 heteroatoms. The summed E-state index contributed by atoms with van der Waals surface area (Å²) in [5.74, 6) is -1.02. The van der Waals surface area contributed by atoms with Gasteiger partial charge in [-0.3, -0.25) is 0 Å². The van der Waals surface area contributed by atoms with Gasteiger partial charge in [0.2, 0.25) is 0 Å². The van der Waals surface area contributed by atoms with Crippen LogP contribution in [0.25, 0.3) is 0 Å². The van der Waals surface area contributed by atoms with E-state index in [0.717, 1.165) is 0 Å². The number of carbonyl (C=O) groups excluding carboxylic acids is 2. The molecule has 0 unspecified atom stereocenters. The van der Waals surface area contributed by atoms with E-state index >= 15 is 0 Å². The summed E-state index contributed by atoms with van der Waals surface area (Å²) in [4.78, 5) is 22.3. The lowest BCUT2D eigenvalue weighted by atomic mass is 9.85. The first-order chi connectivity index (χ1) is 23.7. The van der Waals surface area contributed by atoms with E-state index in [9.17, 15) is 35.1 Å². The van der Waals surface area contributed by atoms with Crippen LogP contribution in [0.5, 0.6) is 0 Å². The molecule has 0 aromatic rings. The summed E-state index contributed by atoms with van der Waals surface area (Å²) in [7, 11) is 0. The Balaban J connectivity index is 0.000000500. The fourth-order valence-corrected chi connectivity index (χ4v) is 4.33. The first-order valence-corrected chi connectivity index (χ1v) is 16.5. The van der Waals surface area contributed by atoms with Crippen molar-refractivity contribution < 1.29 is 54.8 Å². The van der Waals surface area contributed by atoms with Crippen molar-refractivity contribution in [2.45, 2.75) is 88.2 Å². The van der Waals surface area contributed by atoms with Gasteiger partial charge in [-0.25, -0.2) is 9.59 Å². The number of carbonyl (C=O) groups is 2. The van der Waals surface area contributed by atoms with Crippen molar-refractivity contribution in [1.29, 1.82) is 0 Å². The predicted octanol–water partition coefficient (Wildman–Crippen LogP) is 3.15. The molecule has 0 saturated carbocycles. The second-order valence-electron chi connectivity index (χ2n) is 12.2. The van der Waals surface area contributed by atoms with Crippen molar-refractivity contribution in [3.63, 3.8) is 0 Å². The van der Waals surface area contributed by atoms with E-state index < -0.39 is 41.6 Å². The topological polar surface area (TPSA) is 194 Å². The molecule has 2 aliphatic rings. The third kappa shape index (κ3) is 19.9. The number of hydrogen-bond donors (Lipinski definition) is 7. The summed E-state index contributed by atoms with van der Waals surface area (Å²) >= 11 is 0. The van der Waals surface area contributed by atoms with Crippen molar-refractivity contribution >= 4 is 11.9 Å². The maximum atomic E-state index is 11.2. The largest absolute Gasteiger partial charge is 0.455 e. The highest BCUT2D eigenvalue weighted by atomic mass is 16.5. The highest BCUT2D eigenvalue weighted by molar-refractivity contribution is 5.83. The van der Waals surface area contributed by atoms with E-state index in [1.807, 2.05) is 6.92 Å². The van der Waals surface area contributed by atoms with E-state index in [2.05, 4.69) is 0 Å². The molecular formula is C39H54O11. The van der Waals surface area contributed by atoms with Crippen LogP contribution in [0.4, 0.5) is 0 Å². The lowest BCUT2D eigenvalue weighted by Gasteiger charge is -2.29. The Morgan fingerprint density at radius 3 is 1.56 bits per heavy atom. The Labute approximate surface area is 295 Å². The van der Waals surface area contributed by atoms with Crippen LogP contribution >= 0.6 is 0 Å². The van der Waals surface area contributed by atoms with Crippen molar-refractivity contribution in [2.24, 2.45) is 5.92 Å². The number of aliphatic hydroxyl groups excluding tert-OH is 5. The number of hydrogen-bond acceptors (Lipinski definition) is 11. The molecule has 50 heavy (non-hydrogen) atoms. The molecule has 0 saturated heterocycles. The lowest BCUT2D eigenvalue weighted by molar-refractivity contribution is -0.142. The Morgan fingerprint density at radius 2 is 1.12 bits per heavy atom. The molecule has 0 spiro atoms. The van der Waals surface area contributed by atoms with Crippen LogP contribution in [0, 0.1) is 5.92 Å². The molecule has 0 radical (unpaired) electrons. The third-order valence-corrected chi connectivity index (χ3v) is 7.62. The summed E-state index contributed by atoms with van der Waals surface area (Å²) < 4.78 is 10.2. The zero-order valence-corrected chi connectivity index (χ0v) is 29.0. The molecule has 0 aliphatic carbocycles. The molecule has 0 amide bonds. The Hall–Kier alpha value is -3.94. The maximum absolute atomic E-state index is 11.2. The normalized spacial score (nSPS) is 23.6. The lowest BCUT2D eigenvalue weighted by Crippen LogP contribution is -2.39. The van der Waals surface area contributed by atoms with Crippen molar-refractivity contribution in [2.75, 3.05) is 13.2 Å². The third-order valence-electron chi connectivity index (χ3n) is 7.62. The van der Waals surface area contributed by atoms with Gasteiger partial charge < -0.3 is 45.2 Å². The summed E-state index contributed by atoms with van der Waals surface area (Å²) in [5, 5.41) is 68.1. The fraction of sp³-hybridized carbons (Fsp3) is 0.436.